The second kappa shape index (κ2) is 5.16. The normalized spacial score (nSPS) is 10.2. The van der Waals surface area contributed by atoms with Crippen molar-refractivity contribution < 1.29 is 4.74 Å². The van der Waals surface area contributed by atoms with Crippen molar-refractivity contribution in [3.05, 3.63) is 44.3 Å². The number of benzene rings is 1. The number of hydrogen-bond acceptors (Lipinski definition) is 3. The summed E-state index contributed by atoms with van der Waals surface area (Å²) in [7, 11) is 0. The van der Waals surface area contributed by atoms with Gasteiger partial charge in [-0.15, -0.1) is 0 Å². The first-order chi connectivity index (χ1) is 7.65. The van der Waals surface area contributed by atoms with Crippen LogP contribution >= 0.6 is 45.8 Å². The lowest BCUT2D eigenvalue weighted by molar-refractivity contribution is 0.462. The summed E-state index contributed by atoms with van der Waals surface area (Å²) < 4.78 is 6.60. The van der Waals surface area contributed by atoms with Gasteiger partial charge < -0.3 is 4.74 Å². The molecule has 0 aliphatic rings. The minimum absolute atomic E-state index is 0.102. The Kier molecular flexibility index (Phi) is 3.83. The molecule has 2 rings (SSSR count). The van der Waals surface area contributed by atoms with Gasteiger partial charge in [-0.1, -0.05) is 11.6 Å². The standard InChI is InChI=1S/C10H5Cl2IN2O/c11-8-5-14-10(12)15-9(8)16-7-3-1-6(13)2-4-7/h1-5H. The number of rotatable bonds is 2. The zero-order valence-corrected chi connectivity index (χ0v) is 11.5. The van der Waals surface area contributed by atoms with Crippen molar-refractivity contribution >= 4 is 45.8 Å². The molecule has 3 nitrogen and oxygen atoms in total. The Morgan fingerprint density at radius 1 is 1.12 bits per heavy atom. The Labute approximate surface area is 116 Å². The molecule has 82 valence electrons. The number of aromatic nitrogens is 2. The van der Waals surface area contributed by atoms with Gasteiger partial charge in [0.05, 0.1) is 6.20 Å². The van der Waals surface area contributed by atoms with E-state index in [9.17, 15) is 0 Å². The fraction of sp³-hybridized carbons (Fsp3) is 0. The van der Waals surface area contributed by atoms with Crippen LogP contribution in [0.5, 0.6) is 11.6 Å². The Morgan fingerprint density at radius 3 is 2.50 bits per heavy atom. The lowest BCUT2D eigenvalue weighted by Gasteiger charge is -2.05. The van der Waals surface area contributed by atoms with Gasteiger partial charge in [-0.05, 0) is 58.5 Å². The Bertz CT molecular complexity index is 505. The minimum atomic E-state index is 0.102. The van der Waals surface area contributed by atoms with E-state index in [1.165, 1.54) is 6.20 Å². The summed E-state index contributed by atoms with van der Waals surface area (Å²) in [6.07, 6.45) is 1.40. The van der Waals surface area contributed by atoms with E-state index in [1.807, 2.05) is 24.3 Å². The molecule has 0 N–H and O–H groups in total. The smallest absolute Gasteiger partial charge is 0.242 e. The topological polar surface area (TPSA) is 35.0 Å². The molecule has 0 saturated carbocycles. The maximum absolute atomic E-state index is 5.87. The molecule has 16 heavy (non-hydrogen) atoms. The molecule has 0 aliphatic heterocycles. The highest BCUT2D eigenvalue weighted by atomic mass is 127. The van der Waals surface area contributed by atoms with E-state index < -0.39 is 0 Å². The molecule has 0 aliphatic carbocycles. The van der Waals surface area contributed by atoms with Crippen LogP contribution < -0.4 is 4.74 Å². The zero-order valence-electron chi connectivity index (χ0n) is 7.82. The SMILES string of the molecule is Clc1ncc(Cl)c(Oc2ccc(I)cc2)n1. The molecule has 0 bridgehead atoms. The van der Waals surface area contributed by atoms with Crippen LogP contribution in [0.25, 0.3) is 0 Å². The Hall–Kier alpha value is -0.590. The average molecular weight is 367 g/mol. The largest absolute Gasteiger partial charge is 0.437 e. The van der Waals surface area contributed by atoms with Gasteiger partial charge >= 0.3 is 0 Å². The van der Waals surface area contributed by atoms with Gasteiger partial charge in [-0.2, -0.15) is 4.98 Å². The quantitative estimate of drug-likeness (QED) is 0.590. The van der Waals surface area contributed by atoms with E-state index in [2.05, 4.69) is 32.6 Å². The molecule has 6 heteroatoms. The van der Waals surface area contributed by atoms with Crippen molar-refractivity contribution in [3.63, 3.8) is 0 Å². The number of nitrogens with zero attached hydrogens (tertiary/aromatic N) is 2. The maximum Gasteiger partial charge on any atom is 0.242 e. The Balaban J connectivity index is 2.26. The molecule has 0 spiro atoms. The van der Waals surface area contributed by atoms with E-state index in [4.69, 9.17) is 27.9 Å². The molecular formula is C10H5Cl2IN2O. The van der Waals surface area contributed by atoms with Gasteiger partial charge in [-0.25, -0.2) is 4.98 Å². The van der Waals surface area contributed by atoms with Crippen LogP contribution in [-0.2, 0) is 0 Å². The summed E-state index contributed by atoms with van der Waals surface area (Å²) in [4.78, 5) is 7.62. The summed E-state index contributed by atoms with van der Waals surface area (Å²) >= 11 is 13.7. The highest BCUT2D eigenvalue weighted by molar-refractivity contribution is 14.1. The van der Waals surface area contributed by atoms with Gasteiger partial charge in [0.25, 0.3) is 0 Å². The third-order valence-electron chi connectivity index (χ3n) is 1.71. The van der Waals surface area contributed by atoms with Crippen LogP contribution in [0.2, 0.25) is 10.3 Å². The highest BCUT2D eigenvalue weighted by Gasteiger charge is 2.06. The summed E-state index contributed by atoms with van der Waals surface area (Å²) in [6.45, 7) is 0. The summed E-state index contributed by atoms with van der Waals surface area (Å²) in [6, 6.07) is 7.50. The summed E-state index contributed by atoms with van der Waals surface area (Å²) in [5, 5.41) is 0.424. The van der Waals surface area contributed by atoms with Crippen molar-refractivity contribution in [2.24, 2.45) is 0 Å². The van der Waals surface area contributed by atoms with Gasteiger partial charge in [0.1, 0.15) is 10.8 Å². The molecule has 0 unspecified atom stereocenters. The molecule has 1 aromatic heterocycles. The fourth-order valence-electron chi connectivity index (χ4n) is 1.02. The lowest BCUT2D eigenvalue weighted by atomic mass is 10.3. The van der Waals surface area contributed by atoms with Crippen LogP contribution in [0.3, 0.4) is 0 Å². The Morgan fingerprint density at radius 2 is 1.81 bits per heavy atom. The third-order valence-corrected chi connectivity index (χ3v) is 2.87. The van der Waals surface area contributed by atoms with Crippen molar-refractivity contribution in [2.75, 3.05) is 0 Å². The van der Waals surface area contributed by atoms with E-state index in [0.717, 1.165) is 3.57 Å². The predicted octanol–water partition coefficient (Wildman–Crippen LogP) is 4.18. The molecule has 0 fully saturated rings. The first-order valence-electron chi connectivity index (χ1n) is 4.26. The second-order valence-electron chi connectivity index (χ2n) is 2.85. The monoisotopic (exact) mass is 366 g/mol. The molecule has 2 aromatic rings. The molecular weight excluding hydrogens is 362 g/mol. The fourth-order valence-corrected chi connectivity index (χ4v) is 1.63. The molecule has 0 saturated heterocycles. The molecule has 0 radical (unpaired) electrons. The average Bonchev–Trinajstić information content (AvgIpc) is 2.27. The maximum atomic E-state index is 5.87. The minimum Gasteiger partial charge on any atom is -0.437 e. The highest BCUT2D eigenvalue weighted by Crippen LogP contribution is 2.27. The van der Waals surface area contributed by atoms with Crippen molar-refractivity contribution in [2.45, 2.75) is 0 Å². The molecule has 0 atom stereocenters. The summed E-state index contributed by atoms with van der Waals surface area (Å²) in [5.41, 5.74) is 0. The van der Waals surface area contributed by atoms with Crippen molar-refractivity contribution in [1.29, 1.82) is 0 Å². The van der Waals surface area contributed by atoms with E-state index in [1.54, 1.807) is 0 Å². The van der Waals surface area contributed by atoms with Crippen LogP contribution in [0, 0.1) is 3.57 Å². The van der Waals surface area contributed by atoms with Crippen LogP contribution in [0.15, 0.2) is 30.5 Å². The van der Waals surface area contributed by atoms with Gasteiger partial charge in [-0.3, -0.25) is 0 Å². The van der Waals surface area contributed by atoms with Crippen LogP contribution in [0.4, 0.5) is 0 Å². The van der Waals surface area contributed by atoms with E-state index >= 15 is 0 Å². The lowest BCUT2D eigenvalue weighted by Crippen LogP contribution is -1.91. The molecule has 0 amide bonds. The van der Waals surface area contributed by atoms with Gasteiger partial charge in [0.15, 0.2) is 0 Å². The molecule has 1 aromatic carbocycles. The van der Waals surface area contributed by atoms with Crippen molar-refractivity contribution in [1.82, 2.24) is 9.97 Å². The van der Waals surface area contributed by atoms with Crippen LogP contribution in [-0.4, -0.2) is 9.97 Å². The third kappa shape index (κ3) is 2.96. The number of hydrogen-bond donors (Lipinski definition) is 0. The zero-order chi connectivity index (χ0) is 11.5. The predicted molar refractivity (Wildman–Crippen MR) is 71.3 cm³/mol. The van der Waals surface area contributed by atoms with Crippen molar-refractivity contribution in [3.8, 4) is 11.6 Å². The molecule has 1 heterocycles. The van der Waals surface area contributed by atoms with Gasteiger partial charge in [0.2, 0.25) is 11.2 Å². The van der Waals surface area contributed by atoms with Gasteiger partial charge in [0, 0.05) is 3.57 Å². The first kappa shape index (κ1) is 11.9. The number of halogens is 3. The van der Waals surface area contributed by atoms with E-state index in [0.29, 0.717) is 10.8 Å². The van der Waals surface area contributed by atoms with Crippen LogP contribution in [0.1, 0.15) is 0 Å². The number of ether oxygens (including phenoxy) is 1. The first-order valence-corrected chi connectivity index (χ1v) is 6.10. The summed E-state index contributed by atoms with van der Waals surface area (Å²) in [5.74, 6) is 0.903. The second-order valence-corrected chi connectivity index (χ2v) is 4.84. The van der Waals surface area contributed by atoms with E-state index in [-0.39, 0.29) is 11.2 Å².